The summed E-state index contributed by atoms with van der Waals surface area (Å²) >= 11 is 0. The third-order valence-electron chi connectivity index (χ3n) is 4.26. The van der Waals surface area contributed by atoms with Crippen molar-refractivity contribution in [3.8, 4) is 0 Å². The van der Waals surface area contributed by atoms with Crippen LogP contribution in [0.25, 0.3) is 5.57 Å². The third-order valence-corrected chi connectivity index (χ3v) is 4.26. The normalized spacial score (nSPS) is 10.6. The summed E-state index contributed by atoms with van der Waals surface area (Å²) in [6.45, 7) is 4.30. The second kappa shape index (κ2) is 17.2. The van der Waals surface area contributed by atoms with E-state index in [0.717, 1.165) is 24.0 Å². The van der Waals surface area contributed by atoms with Crippen LogP contribution in [0, 0.1) is 12.2 Å². The van der Waals surface area contributed by atoms with E-state index in [-0.39, 0.29) is 26.2 Å². The van der Waals surface area contributed by atoms with Crippen LogP contribution in [0.3, 0.4) is 0 Å². The molecule has 0 heterocycles. The molecule has 0 fully saturated rings. The molecule has 0 amide bonds. The summed E-state index contributed by atoms with van der Waals surface area (Å²) in [5.41, 5.74) is 4.70. The van der Waals surface area contributed by atoms with Crippen molar-refractivity contribution in [2.45, 2.75) is 26.7 Å². The monoisotopic (exact) mass is 480 g/mol. The van der Waals surface area contributed by atoms with Gasteiger partial charge in [-0.25, -0.2) is 30.3 Å². The van der Waals surface area contributed by atoms with Gasteiger partial charge in [0.1, 0.15) is 0 Å². The van der Waals surface area contributed by atoms with Gasteiger partial charge in [-0.15, -0.1) is 36.2 Å². The molecule has 0 aliphatic carbocycles. The van der Waals surface area contributed by atoms with Crippen LogP contribution in [0.1, 0.15) is 37.8 Å². The second-order valence-electron chi connectivity index (χ2n) is 6.52. The van der Waals surface area contributed by atoms with Gasteiger partial charge in [-0.1, -0.05) is 56.7 Å². The zero-order valence-electron chi connectivity index (χ0n) is 18.5. The van der Waals surface area contributed by atoms with Crippen molar-refractivity contribution in [1.82, 2.24) is 0 Å². The van der Waals surface area contributed by atoms with E-state index in [4.69, 9.17) is 0 Å². The van der Waals surface area contributed by atoms with Crippen LogP contribution in [-0.2, 0) is 26.2 Å². The van der Waals surface area contributed by atoms with Gasteiger partial charge >= 0.3 is 26.2 Å². The topological polar surface area (TPSA) is 0 Å². The fourth-order valence-corrected chi connectivity index (χ4v) is 2.84. The van der Waals surface area contributed by atoms with Crippen molar-refractivity contribution in [3.63, 3.8) is 0 Å². The molecule has 1 heteroatoms. The van der Waals surface area contributed by atoms with Gasteiger partial charge in [-0.3, -0.25) is 11.1 Å². The second-order valence-corrected chi connectivity index (χ2v) is 6.52. The van der Waals surface area contributed by atoms with E-state index in [0.29, 0.717) is 0 Å². The van der Waals surface area contributed by atoms with Crippen molar-refractivity contribution in [3.05, 3.63) is 150 Å². The van der Waals surface area contributed by atoms with E-state index in [1.54, 1.807) is 0 Å². The van der Waals surface area contributed by atoms with E-state index < -0.39 is 0 Å². The Hall–Kier alpha value is -2.50. The summed E-state index contributed by atoms with van der Waals surface area (Å²) in [5.74, 6) is 0. The van der Waals surface area contributed by atoms with E-state index in [1.165, 1.54) is 11.1 Å². The van der Waals surface area contributed by atoms with Crippen LogP contribution < -0.4 is 0 Å². The van der Waals surface area contributed by atoms with Gasteiger partial charge in [0, 0.05) is 0 Å². The number of benzene rings is 2. The first-order chi connectivity index (χ1) is 14.8. The smallest absolute Gasteiger partial charge is 0.313 e. The predicted octanol–water partition coefficient (Wildman–Crippen LogP) is 8.28. The Labute approximate surface area is 207 Å². The largest absolute Gasteiger partial charge is 4.00 e. The maximum absolute atomic E-state index is 3.55. The van der Waals surface area contributed by atoms with Crippen LogP contribution in [-0.4, -0.2) is 0 Å². The standard InChI is InChI=1S/C20H20.2C5H5.Zr/c1-3-11-18(4-2)20(19-14-9-6-10-15-19)16-17-12-7-5-8-13-17;2*1-2-4-5-3-1;/h5-10,12-15H,3-4H2,1-2H3;2*1-5H;/q-2;2*-1;+4. The molecule has 0 radical (unpaired) electrons. The van der Waals surface area contributed by atoms with Gasteiger partial charge < -0.3 is 6.08 Å². The van der Waals surface area contributed by atoms with Crippen molar-refractivity contribution in [1.29, 1.82) is 0 Å². The average Bonchev–Trinajstić information content (AvgIpc) is 3.57. The Bertz CT molecular complexity index is 868. The fourth-order valence-electron chi connectivity index (χ4n) is 2.84. The Kier molecular flexibility index (Phi) is 14.7. The minimum Gasteiger partial charge on any atom is -0.313 e. The maximum Gasteiger partial charge on any atom is 4.00 e. The van der Waals surface area contributed by atoms with Crippen molar-refractivity contribution < 1.29 is 26.2 Å². The summed E-state index contributed by atoms with van der Waals surface area (Å²) in [5, 5.41) is 0. The van der Waals surface area contributed by atoms with E-state index >= 15 is 0 Å². The van der Waals surface area contributed by atoms with Crippen molar-refractivity contribution in [2.75, 3.05) is 0 Å². The zero-order chi connectivity index (χ0) is 21.3. The molecule has 0 saturated heterocycles. The minimum absolute atomic E-state index is 0. The number of rotatable bonds is 5. The minimum atomic E-state index is 0. The van der Waals surface area contributed by atoms with Gasteiger partial charge in [0.2, 0.25) is 0 Å². The summed E-state index contributed by atoms with van der Waals surface area (Å²) < 4.78 is 0. The average molecular weight is 482 g/mol. The van der Waals surface area contributed by atoms with E-state index in [1.807, 2.05) is 84.9 Å². The SMILES string of the molecule is CC[C-]=C(CC)C(=[C-]c1ccccc1)c1ccccc1.[Zr+4].c1cc[cH-]c1.c1cc[cH-]c1. The zero-order valence-corrected chi connectivity index (χ0v) is 20.9. The van der Waals surface area contributed by atoms with Gasteiger partial charge in [-0.05, 0) is 0 Å². The molecule has 0 spiro atoms. The molecule has 0 aliphatic heterocycles. The quantitative estimate of drug-likeness (QED) is 0.153. The first-order valence-corrected chi connectivity index (χ1v) is 10.5. The molecule has 4 rings (SSSR count). The van der Waals surface area contributed by atoms with Crippen LogP contribution in [0.2, 0.25) is 0 Å². The fraction of sp³-hybridized carbons (Fsp3) is 0.133. The molecular formula is C30H30Zr. The Morgan fingerprint density at radius 2 is 1.16 bits per heavy atom. The molecule has 154 valence electrons. The van der Waals surface area contributed by atoms with Crippen molar-refractivity contribution in [2.24, 2.45) is 0 Å². The number of hydrogen-bond donors (Lipinski definition) is 0. The first-order valence-electron chi connectivity index (χ1n) is 10.5. The molecular weight excluding hydrogens is 452 g/mol. The van der Waals surface area contributed by atoms with Crippen LogP contribution in [0.4, 0.5) is 0 Å². The van der Waals surface area contributed by atoms with Crippen molar-refractivity contribution >= 4 is 5.57 Å². The summed E-state index contributed by atoms with van der Waals surface area (Å²) in [4.78, 5) is 0. The van der Waals surface area contributed by atoms with Gasteiger partial charge in [-0.2, -0.15) is 42.0 Å². The van der Waals surface area contributed by atoms with Crippen LogP contribution in [0.5, 0.6) is 0 Å². The van der Waals surface area contributed by atoms with Gasteiger partial charge in [0.25, 0.3) is 0 Å². The maximum atomic E-state index is 3.55. The Morgan fingerprint density at radius 1 is 0.677 bits per heavy atom. The summed E-state index contributed by atoms with van der Waals surface area (Å²) in [7, 11) is 0. The number of allylic oxidation sites excluding steroid dienone is 3. The molecule has 0 saturated carbocycles. The molecule has 0 atom stereocenters. The molecule has 0 bridgehead atoms. The molecule has 0 nitrogen and oxygen atoms in total. The predicted molar refractivity (Wildman–Crippen MR) is 130 cm³/mol. The molecule has 0 aliphatic rings. The molecule has 4 aromatic rings. The van der Waals surface area contributed by atoms with Crippen LogP contribution in [0.15, 0.2) is 127 Å². The van der Waals surface area contributed by atoms with E-state index in [9.17, 15) is 0 Å². The molecule has 0 aromatic heterocycles. The summed E-state index contributed by atoms with van der Waals surface area (Å²) in [6, 6.07) is 40.8. The van der Waals surface area contributed by atoms with Gasteiger partial charge in [0.05, 0.1) is 0 Å². The molecule has 31 heavy (non-hydrogen) atoms. The van der Waals surface area contributed by atoms with Gasteiger partial charge in [0.15, 0.2) is 0 Å². The molecule has 0 unspecified atom stereocenters. The summed E-state index contributed by atoms with van der Waals surface area (Å²) in [6.07, 6.45) is 8.91. The number of hydrogen-bond acceptors (Lipinski definition) is 0. The Morgan fingerprint density at radius 3 is 1.55 bits per heavy atom. The molecule has 4 aromatic carbocycles. The van der Waals surface area contributed by atoms with Crippen LogP contribution >= 0.6 is 0 Å². The molecule has 0 N–H and O–H groups in total. The first kappa shape index (κ1) is 26.5. The third kappa shape index (κ3) is 10.9. The Balaban J connectivity index is 0.000000356. The van der Waals surface area contributed by atoms with E-state index in [2.05, 4.69) is 62.4 Å².